The molecular weight excluding hydrogens is 220 g/mol. The highest BCUT2D eigenvalue weighted by atomic mass is 32.1. The van der Waals surface area contributed by atoms with E-state index in [-0.39, 0.29) is 5.84 Å². The molecule has 0 saturated heterocycles. The van der Waals surface area contributed by atoms with Crippen molar-refractivity contribution in [2.24, 2.45) is 5.73 Å². The highest BCUT2D eigenvalue weighted by Crippen LogP contribution is 2.22. The summed E-state index contributed by atoms with van der Waals surface area (Å²) >= 11 is 1.68. The van der Waals surface area contributed by atoms with Crippen molar-refractivity contribution in [3.05, 3.63) is 29.9 Å². The number of aryl methyl sites for hydroxylation is 1. The molecule has 5 heteroatoms. The lowest BCUT2D eigenvalue weighted by Crippen LogP contribution is -2.10. The predicted molar refractivity (Wildman–Crippen MR) is 66.7 cm³/mol. The molecule has 16 heavy (non-hydrogen) atoms. The van der Waals surface area contributed by atoms with Gasteiger partial charge in [0.25, 0.3) is 0 Å². The second-order valence-corrected chi connectivity index (χ2v) is 4.50. The zero-order valence-electron chi connectivity index (χ0n) is 8.89. The van der Waals surface area contributed by atoms with Crippen LogP contribution in [0.4, 0.5) is 0 Å². The average molecular weight is 234 g/mol. The third-order valence-corrected chi connectivity index (χ3v) is 3.17. The van der Waals surface area contributed by atoms with Gasteiger partial charge in [-0.05, 0) is 17.9 Å². The summed E-state index contributed by atoms with van der Waals surface area (Å²) in [5.74, 6) is 1.25. The molecule has 2 aromatic heterocycles. The molecule has 2 aromatic rings. The van der Waals surface area contributed by atoms with Crippen molar-refractivity contribution < 1.29 is 0 Å². The van der Waals surface area contributed by atoms with Crippen LogP contribution in [0.2, 0.25) is 0 Å². The minimum atomic E-state index is 0.248. The molecule has 0 aliphatic heterocycles. The number of rotatable bonds is 5. The van der Waals surface area contributed by atoms with Crippen LogP contribution < -0.4 is 5.73 Å². The van der Waals surface area contributed by atoms with E-state index in [1.54, 1.807) is 11.3 Å². The second kappa shape index (κ2) is 4.94. The Kier molecular flexibility index (Phi) is 3.36. The summed E-state index contributed by atoms with van der Waals surface area (Å²) in [6.45, 7) is 0.854. The number of amidine groups is 1. The van der Waals surface area contributed by atoms with E-state index in [0.29, 0.717) is 6.42 Å². The van der Waals surface area contributed by atoms with Crippen molar-refractivity contribution >= 4 is 17.2 Å². The number of nitrogens with two attached hydrogens (primary N) is 1. The number of nitrogens with one attached hydrogen (secondary N) is 1. The van der Waals surface area contributed by atoms with Gasteiger partial charge < -0.3 is 10.3 Å². The van der Waals surface area contributed by atoms with Gasteiger partial charge >= 0.3 is 0 Å². The minimum absolute atomic E-state index is 0.248. The van der Waals surface area contributed by atoms with Crippen LogP contribution in [0.5, 0.6) is 0 Å². The van der Waals surface area contributed by atoms with E-state index in [2.05, 4.69) is 15.6 Å². The first-order valence-corrected chi connectivity index (χ1v) is 6.03. The maximum atomic E-state index is 7.17. The molecule has 2 rings (SSSR count). The lowest BCUT2D eigenvalue weighted by molar-refractivity contribution is 0.663. The summed E-state index contributed by atoms with van der Waals surface area (Å²) in [6, 6.07) is 4.09. The largest absolute Gasteiger partial charge is 0.388 e. The van der Waals surface area contributed by atoms with Gasteiger partial charge in [0.1, 0.15) is 5.82 Å². The molecule has 0 bridgehead atoms. The Morgan fingerprint density at radius 2 is 2.44 bits per heavy atom. The Hall–Kier alpha value is -1.62. The molecular formula is C11H14N4S. The number of aromatic nitrogens is 2. The van der Waals surface area contributed by atoms with Crippen LogP contribution in [0.3, 0.4) is 0 Å². The molecule has 0 fully saturated rings. The van der Waals surface area contributed by atoms with Crippen molar-refractivity contribution in [3.8, 4) is 10.7 Å². The highest BCUT2D eigenvalue weighted by Gasteiger charge is 2.06. The SMILES string of the molecule is N=C(N)CCCn1ccnc1-c1cccs1. The maximum absolute atomic E-state index is 7.17. The third kappa shape index (κ3) is 2.49. The van der Waals surface area contributed by atoms with Crippen molar-refractivity contribution in [2.75, 3.05) is 0 Å². The van der Waals surface area contributed by atoms with Gasteiger partial charge in [-0.15, -0.1) is 11.3 Å². The quantitative estimate of drug-likeness (QED) is 0.616. The Bertz CT molecular complexity index is 458. The van der Waals surface area contributed by atoms with E-state index < -0.39 is 0 Å². The number of hydrogen-bond acceptors (Lipinski definition) is 3. The molecule has 2 heterocycles. The van der Waals surface area contributed by atoms with Gasteiger partial charge in [-0.25, -0.2) is 4.98 Å². The Labute approximate surface area is 98.3 Å². The molecule has 0 atom stereocenters. The fourth-order valence-electron chi connectivity index (χ4n) is 1.56. The van der Waals surface area contributed by atoms with Gasteiger partial charge in [-0.1, -0.05) is 6.07 Å². The Morgan fingerprint density at radius 1 is 1.56 bits per heavy atom. The lowest BCUT2D eigenvalue weighted by Gasteiger charge is -2.05. The molecule has 0 aliphatic carbocycles. The summed E-state index contributed by atoms with van der Waals surface area (Å²) < 4.78 is 2.11. The van der Waals surface area contributed by atoms with Crippen LogP contribution in [0.1, 0.15) is 12.8 Å². The number of thiophene rings is 1. The minimum Gasteiger partial charge on any atom is -0.388 e. The second-order valence-electron chi connectivity index (χ2n) is 3.55. The van der Waals surface area contributed by atoms with Crippen LogP contribution in [-0.4, -0.2) is 15.4 Å². The van der Waals surface area contributed by atoms with E-state index in [0.717, 1.165) is 18.8 Å². The molecule has 0 radical (unpaired) electrons. The molecule has 0 spiro atoms. The first-order chi connectivity index (χ1) is 7.77. The van der Waals surface area contributed by atoms with Crippen LogP contribution in [0.25, 0.3) is 10.7 Å². The van der Waals surface area contributed by atoms with Gasteiger partial charge in [0, 0.05) is 25.4 Å². The van der Waals surface area contributed by atoms with E-state index in [9.17, 15) is 0 Å². The highest BCUT2D eigenvalue weighted by molar-refractivity contribution is 7.13. The molecule has 3 N–H and O–H groups in total. The predicted octanol–water partition coefficient (Wildman–Crippen LogP) is 2.33. The van der Waals surface area contributed by atoms with Gasteiger partial charge in [0.15, 0.2) is 0 Å². The fourth-order valence-corrected chi connectivity index (χ4v) is 2.30. The monoisotopic (exact) mass is 234 g/mol. The Balaban J connectivity index is 2.05. The zero-order chi connectivity index (χ0) is 11.4. The Morgan fingerprint density at radius 3 is 3.12 bits per heavy atom. The summed E-state index contributed by atoms with van der Waals surface area (Å²) in [4.78, 5) is 5.52. The average Bonchev–Trinajstić information content (AvgIpc) is 2.84. The fraction of sp³-hybridized carbons (Fsp3) is 0.273. The van der Waals surface area contributed by atoms with Crippen LogP contribution in [-0.2, 0) is 6.54 Å². The van der Waals surface area contributed by atoms with Gasteiger partial charge in [0.2, 0.25) is 0 Å². The molecule has 84 valence electrons. The topological polar surface area (TPSA) is 67.7 Å². The summed E-state index contributed by atoms with van der Waals surface area (Å²) in [5.41, 5.74) is 5.33. The smallest absolute Gasteiger partial charge is 0.149 e. The van der Waals surface area contributed by atoms with Crippen molar-refractivity contribution in [2.45, 2.75) is 19.4 Å². The summed E-state index contributed by atoms with van der Waals surface area (Å²) in [6.07, 6.45) is 5.30. The summed E-state index contributed by atoms with van der Waals surface area (Å²) in [7, 11) is 0. The first-order valence-electron chi connectivity index (χ1n) is 5.15. The van der Waals surface area contributed by atoms with Crippen molar-refractivity contribution in [3.63, 3.8) is 0 Å². The van der Waals surface area contributed by atoms with E-state index >= 15 is 0 Å². The van der Waals surface area contributed by atoms with Crippen LogP contribution >= 0.6 is 11.3 Å². The van der Waals surface area contributed by atoms with Crippen LogP contribution in [0.15, 0.2) is 29.9 Å². The zero-order valence-corrected chi connectivity index (χ0v) is 9.70. The lowest BCUT2D eigenvalue weighted by atomic mass is 10.3. The normalized spacial score (nSPS) is 10.5. The standard InChI is InChI=1S/C11H14N4S/c12-10(13)4-1-6-15-7-5-14-11(15)9-3-2-8-16-9/h2-3,5,7-8H,1,4,6H2,(H3,12,13). The maximum Gasteiger partial charge on any atom is 0.149 e. The molecule has 0 unspecified atom stereocenters. The van der Waals surface area contributed by atoms with Crippen LogP contribution in [0, 0.1) is 5.41 Å². The van der Waals surface area contributed by atoms with E-state index in [1.807, 2.05) is 23.8 Å². The molecule has 0 amide bonds. The van der Waals surface area contributed by atoms with Crippen molar-refractivity contribution in [1.29, 1.82) is 5.41 Å². The number of imidazole rings is 1. The third-order valence-electron chi connectivity index (χ3n) is 2.30. The first kappa shape index (κ1) is 10.9. The van der Waals surface area contributed by atoms with E-state index in [1.165, 1.54) is 4.88 Å². The van der Waals surface area contributed by atoms with Gasteiger partial charge in [-0.3, -0.25) is 5.41 Å². The molecule has 0 aliphatic rings. The van der Waals surface area contributed by atoms with Crippen molar-refractivity contribution in [1.82, 2.24) is 9.55 Å². The molecule has 4 nitrogen and oxygen atoms in total. The summed E-state index contributed by atoms with van der Waals surface area (Å²) in [5, 5.41) is 9.22. The molecule has 0 aromatic carbocycles. The number of nitrogens with zero attached hydrogens (tertiary/aromatic N) is 2. The van der Waals surface area contributed by atoms with Gasteiger partial charge in [0.05, 0.1) is 10.7 Å². The van der Waals surface area contributed by atoms with Gasteiger partial charge in [-0.2, -0.15) is 0 Å². The molecule has 0 saturated carbocycles. The van der Waals surface area contributed by atoms with E-state index in [4.69, 9.17) is 11.1 Å². The number of hydrogen-bond donors (Lipinski definition) is 2.